The first kappa shape index (κ1) is 20.1. The summed E-state index contributed by atoms with van der Waals surface area (Å²) in [6.07, 6.45) is 1.60. The smallest absolute Gasteiger partial charge is 0.363 e. The second-order valence-electron chi connectivity index (χ2n) is 6.15. The molecule has 2 aromatic rings. The summed E-state index contributed by atoms with van der Waals surface area (Å²) < 4.78 is 20.9. The molecule has 1 heterocycles. The van der Waals surface area contributed by atoms with Crippen LogP contribution in [-0.2, 0) is 19.1 Å². The third-order valence-electron chi connectivity index (χ3n) is 4.14. The number of hydrogen-bond acceptors (Lipinski definition) is 7. The summed E-state index contributed by atoms with van der Waals surface area (Å²) in [4.78, 5) is 28.0. The SMILES string of the molecule is CCOC(=O)COc1ccc(/C=C2\N=C(c3ccccc3C)OC2=O)cc1OC. The number of benzene rings is 2. The molecule has 0 saturated carbocycles. The van der Waals surface area contributed by atoms with Crippen molar-refractivity contribution < 1.29 is 28.5 Å². The van der Waals surface area contributed by atoms with Gasteiger partial charge in [-0.05, 0) is 49.2 Å². The first-order valence-electron chi connectivity index (χ1n) is 9.07. The summed E-state index contributed by atoms with van der Waals surface area (Å²) in [7, 11) is 1.49. The van der Waals surface area contributed by atoms with Crippen molar-refractivity contribution >= 4 is 23.9 Å². The van der Waals surface area contributed by atoms with Gasteiger partial charge in [-0.25, -0.2) is 14.6 Å². The van der Waals surface area contributed by atoms with Crippen LogP contribution in [0.25, 0.3) is 6.08 Å². The molecule has 7 heteroatoms. The monoisotopic (exact) mass is 395 g/mol. The van der Waals surface area contributed by atoms with Gasteiger partial charge in [-0.3, -0.25) is 0 Å². The fraction of sp³-hybridized carbons (Fsp3) is 0.227. The van der Waals surface area contributed by atoms with Crippen molar-refractivity contribution in [3.63, 3.8) is 0 Å². The zero-order valence-electron chi connectivity index (χ0n) is 16.4. The molecule has 1 aliphatic heterocycles. The van der Waals surface area contributed by atoms with Crippen molar-refractivity contribution in [1.82, 2.24) is 0 Å². The third kappa shape index (κ3) is 4.82. The number of hydrogen-bond donors (Lipinski definition) is 0. The Morgan fingerprint density at radius 2 is 1.97 bits per heavy atom. The van der Waals surface area contributed by atoms with Gasteiger partial charge in [0.2, 0.25) is 5.90 Å². The minimum absolute atomic E-state index is 0.186. The first-order valence-corrected chi connectivity index (χ1v) is 9.07. The number of methoxy groups -OCH3 is 1. The number of rotatable bonds is 7. The Morgan fingerprint density at radius 1 is 1.17 bits per heavy atom. The van der Waals surface area contributed by atoms with Gasteiger partial charge in [-0.2, -0.15) is 0 Å². The van der Waals surface area contributed by atoms with Crippen LogP contribution < -0.4 is 9.47 Å². The van der Waals surface area contributed by atoms with Crippen molar-refractivity contribution in [3.05, 3.63) is 64.9 Å². The molecule has 0 N–H and O–H groups in total. The van der Waals surface area contributed by atoms with E-state index in [2.05, 4.69) is 4.99 Å². The lowest BCUT2D eigenvalue weighted by Gasteiger charge is -2.10. The van der Waals surface area contributed by atoms with Gasteiger partial charge in [0.05, 0.1) is 13.7 Å². The minimum atomic E-state index is -0.523. The van der Waals surface area contributed by atoms with Crippen LogP contribution in [0.1, 0.15) is 23.6 Å². The predicted octanol–water partition coefficient (Wildman–Crippen LogP) is 3.29. The average Bonchev–Trinajstić information content (AvgIpc) is 3.07. The summed E-state index contributed by atoms with van der Waals surface area (Å²) in [5, 5.41) is 0. The Morgan fingerprint density at radius 3 is 2.69 bits per heavy atom. The van der Waals surface area contributed by atoms with Crippen molar-refractivity contribution in [2.45, 2.75) is 13.8 Å². The minimum Gasteiger partial charge on any atom is -0.493 e. The molecule has 0 aromatic heterocycles. The molecule has 3 rings (SSSR count). The zero-order valence-corrected chi connectivity index (χ0v) is 16.4. The highest BCUT2D eigenvalue weighted by molar-refractivity contribution is 6.13. The Balaban J connectivity index is 1.81. The van der Waals surface area contributed by atoms with Crippen LogP contribution in [0.2, 0.25) is 0 Å². The third-order valence-corrected chi connectivity index (χ3v) is 4.14. The van der Waals surface area contributed by atoms with Crippen LogP contribution >= 0.6 is 0 Å². The molecule has 0 bridgehead atoms. The van der Waals surface area contributed by atoms with Gasteiger partial charge < -0.3 is 18.9 Å². The molecule has 0 saturated heterocycles. The highest BCUT2D eigenvalue weighted by Gasteiger charge is 2.25. The highest BCUT2D eigenvalue weighted by atomic mass is 16.6. The lowest BCUT2D eigenvalue weighted by molar-refractivity contribution is -0.145. The molecule has 0 unspecified atom stereocenters. The molecular weight excluding hydrogens is 374 g/mol. The van der Waals surface area contributed by atoms with Gasteiger partial charge >= 0.3 is 11.9 Å². The van der Waals surface area contributed by atoms with Crippen LogP contribution in [0.15, 0.2) is 53.2 Å². The van der Waals surface area contributed by atoms with Crippen LogP contribution in [0.4, 0.5) is 0 Å². The molecular formula is C22H21NO6. The van der Waals surface area contributed by atoms with Gasteiger partial charge in [0, 0.05) is 5.56 Å². The average molecular weight is 395 g/mol. The lowest BCUT2D eigenvalue weighted by atomic mass is 10.1. The molecule has 0 fully saturated rings. The second kappa shape index (κ2) is 9.05. The number of esters is 2. The number of nitrogens with zero attached hydrogens (tertiary/aromatic N) is 1. The van der Waals surface area contributed by atoms with Gasteiger partial charge in [0.1, 0.15) is 0 Å². The van der Waals surface area contributed by atoms with E-state index in [1.807, 2.05) is 31.2 Å². The molecule has 1 aliphatic rings. The number of aryl methyl sites for hydroxylation is 1. The van der Waals surface area contributed by atoms with E-state index in [9.17, 15) is 9.59 Å². The number of carbonyl (C=O) groups excluding carboxylic acids is 2. The van der Waals surface area contributed by atoms with E-state index < -0.39 is 11.9 Å². The summed E-state index contributed by atoms with van der Waals surface area (Å²) in [6.45, 7) is 3.71. The van der Waals surface area contributed by atoms with Crippen molar-refractivity contribution in [2.24, 2.45) is 4.99 Å². The summed E-state index contributed by atoms with van der Waals surface area (Å²) in [5.41, 5.74) is 2.59. The molecule has 7 nitrogen and oxygen atoms in total. The summed E-state index contributed by atoms with van der Waals surface area (Å²) in [6, 6.07) is 12.6. The number of aliphatic imine (C=N–C) groups is 1. The predicted molar refractivity (Wildman–Crippen MR) is 107 cm³/mol. The maximum atomic E-state index is 12.2. The molecule has 150 valence electrons. The van der Waals surface area contributed by atoms with Crippen LogP contribution in [0.5, 0.6) is 11.5 Å². The Hall–Kier alpha value is -3.61. The molecule has 0 atom stereocenters. The van der Waals surface area contributed by atoms with Gasteiger partial charge in [-0.15, -0.1) is 0 Å². The molecule has 0 amide bonds. The van der Waals surface area contributed by atoms with Crippen LogP contribution in [0.3, 0.4) is 0 Å². The lowest BCUT2D eigenvalue weighted by Crippen LogP contribution is -2.14. The van der Waals surface area contributed by atoms with E-state index in [1.165, 1.54) is 7.11 Å². The van der Waals surface area contributed by atoms with E-state index in [4.69, 9.17) is 18.9 Å². The fourth-order valence-corrected chi connectivity index (χ4v) is 2.73. The summed E-state index contributed by atoms with van der Waals surface area (Å²) in [5.74, 6) is 0.0944. The highest BCUT2D eigenvalue weighted by Crippen LogP contribution is 2.30. The Bertz CT molecular complexity index is 993. The van der Waals surface area contributed by atoms with Crippen molar-refractivity contribution in [3.8, 4) is 11.5 Å². The van der Waals surface area contributed by atoms with Gasteiger partial charge in [-0.1, -0.05) is 24.3 Å². The zero-order chi connectivity index (χ0) is 20.8. The standard InChI is InChI=1S/C22H21NO6/c1-4-27-20(24)13-28-18-10-9-15(12-19(18)26-3)11-17-22(25)29-21(23-17)16-8-6-5-7-14(16)2/h5-12H,4,13H2,1-3H3/b17-11-. The number of cyclic esters (lactones) is 1. The molecule has 29 heavy (non-hydrogen) atoms. The molecule has 2 aromatic carbocycles. The first-order chi connectivity index (χ1) is 14.0. The van der Waals surface area contributed by atoms with Gasteiger partial charge in [0.15, 0.2) is 23.8 Å². The molecule has 0 aliphatic carbocycles. The number of carbonyl (C=O) groups is 2. The van der Waals surface area contributed by atoms with E-state index in [0.717, 1.165) is 11.1 Å². The van der Waals surface area contributed by atoms with E-state index in [-0.39, 0.29) is 24.8 Å². The van der Waals surface area contributed by atoms with Crippen molar-refractivity contribution in [2.75, 3.05) is 20.3 Å². The van der Waals surface area contributed by atoms with E-state index in [1.54, 1.807) is 31.2 Å². The topological polar surface area (TPSA) is 83.4 Å². The second-order valence-corrected chi connectivity index (χ2v) is 6.15. The van der Waals surface area contributed by atoms with Crippen molar-refractivity contribution in [1.29, 1.82) is 0 Å². The molecule has 0 spiro atoms. The molecule has 0 radical (unpaired) electrons. The van der Waals surface area contributed by atoms with Crippen LogP contribution in [-0.4, -0.2) is 38.2 Å². The fourth-order valence-electron chi connectivity index (χ4n) is 2.73. The maximum Gasteiger partial charge on any atom is 0.363 e. The van der Waals surface area contributed by atoms with Crippen LogP contribution in [0, 0.1) is 6.92 Å². The Kier molecular flexibility index (Phi) is 6.29. The Labute approximate surface area is 168 Å². The quantitative estimate of drug-likeness (QED) is 0.528. The number of ether oxygens (including phenoxy) is 4. The largest absolute Gasteiger partial charge is 0.493 e. The normalized spacial score (nSPS) is 14.4. The van der Waals surface area contributed by atoms with Gasteiger partial charge in [0.25, 0.3) is 0 Å². The summed E-state index contributed by atoms with van der Waals surface area (Å²) >= 11 is 0. The van der Waals surface area contributed by atoms with E-state index in [0.29, 0.717) is 17.1 Å². The maximum absolute atomic E-state index is 12.2. The van der Waals surface area contributed by atoms with E-state index >= 15 is 0 Å².